The number of carbonyl (C=O) groups excluding carboxylic acids is 2. The van der Waals surface area contributed by atoms with Crippen LogP contribution in [0, 0.1) is 17.8 Å². The topological polar surface area (TPSA) is 43.4 Å². The van der Waals surface area contributed by atoms with Crippen molar-refractivity contribution < 1.29 is 14.3 Å². The standard InChI is InChI=1S/C11H18O3/c1-7-6-9(7)11(13)8(2)10(12)4-5-14-3/h7-9H,4-6H2,1-3H3. The molecule has 80 valence electrons. The summed E-state index contributed by atoms with van der Waals surface area (Å²) in [6.45, 7) is 4.18. The predicted molar refractivity (Wildman–Crippen MR) is 52.9 cm³/mol. The molecule has 0 aromatic rings. The van der Waals surface area contributed by atoms with Crippen LogP contribution in [0.1, 0.15) is 26.7 Å². The van der Waals surface area contributed by atoms with Gasteiger partial charge in [-0.3, -0.25) is 9.59 Å². The molecule has 0 bridgehead atoms. The van der Waals surface area contributed by atoms with E-state index in [1.165, 1.54) is 0 Å². The highest BCUT2D eigenvalue weighted by molar-refractivity contribution is 6.03. The molecule has 1 saturated carbocycles. The number of Topliss-reactive ketones (excluding diaryl/α,β-unsaturated/α-hetero) is 2. The second kappa shape index (κ2) is 4.69. The Morgan fingerprint density at radius 3 is 2.50 bits per heavy atom. The quantitative estimate of drug-likeness (QED) is 0.607. The molecule has 0 heterocycles. The number of carbonyl (C=O) groups is 2. The first kappa shape index (κ1) is 11.4. The van der Waals surface area contributed by atoms with Gasteiger partial charge < -0.3 is 4.74 Å². The third-order valence-corrected chi connectivity index (χ3v) is 2.94. The van der Waals surface area contributed by atoms with Gasteiger partial charge in [0.1, 0.15) is 11.6 Å². The van der Waals surface area contributed by atoms with Crippen LogP contribution in [0.4, 0.5) is 0 Å². The fraction of sp³-hybridized carbons (Fsp3) is 0.818. The molecule has 0 spiro atoms. The Kier molecular flexibility index (Phi) is 3.81. The molecule has 3 unspecified atom stereocenters. The van der Waals surface area contributed by atoms with Gasteiger partial charge in [-0.2, -0.15) is 0 Å². The van der Waals surface area contributed by atoms with E-state index in [0.29, 0.717) is 18.9 Å². The van der Waals surface area contributed by atoms with Gasteiger partial charge in [0.15, 0.2) is 0 Å². The van der Waals surface area contributed by atoms with Crippen LogP contribution in [0.3, 0.4) is 0 Å². The maximum Gasteiger partial charge on any atom is 0.146 e. The zero-order valence-electron chi connectivity index (χ0n) is 9.08. The van der Waals surface area contributed by atoms with Crippen molar-refractivity contribution in [3.8, 4) is 0 Å². The Hall–Kier alpha value is -0.700. The Morgan fingerprint density at radius 1 is 1.50 bits per heavy atom. The van der Waals surface area contributed by atoms with Gasteiger partial charge in [0.2, 0.25) is 0 Å². The first-order chi connectivity index (χ1) is 6.57. The number of hydrogen-bond donors (Lipinski definition) is 0. The van der Waals surface area contributed by atoms with Crippen molar-refractivity contribution in [3.63, 3.8) is 0 Å². The number of ether oxygens (including phenoxy) is 1. The predicted octanol–water partition coefficient (Wildman–Crippen LogP) is 1.45. The lowest BCUT2D eigenvalue weighted by molar-refractivity contribution is -0.133. The van der Waals surface area contributed by atoms with Gasteiger partial charge in [0, 0.05) is 19.4 Å². The highest BCUT2D eigenvalue weighted by Crippen LogP contribution is 2.40. The summed E-state index contributed by atoms with van der Waals surface area (Å²) in [4.78, 5) is 23.1. The van der Waals surface area contributed by atoms with Crippen molar-refractivity contribution in [2.24, 2.45) is 17.8 Å². The fourth-order valence-corrected chi connectivity index (χ4v) is 1.62. The minimum absolute atomic E-state index is 0.0101. The molecule has 1 aliphatic rings. The van der Waals surface area contributed by atoms with Crippen LogP contribution in [0.25, 0.3) is 0 Å². The van der Waals surface area contributed by atoms with Gasteiger partial charge in [-0.05, 0) is 19.3 Å². The molecule has 0 saturated heterocycles. The molecule has 0 aromatic heterocycles. The summed E-state index contributed by atoms with van der Waals surface area (Å²) in [5.74, 6) is 0.339. The maximum atomic E-state index is 11.7. The molecule has 3 heteroatoms. The van der Waals surface area contributed by atoms with E-state index in [1.54, 1.807) is 14.0 Å². The third kappa shape index (κ3) is 2.64. The average molecular weight is 198 g/mol. The highest BCUT2D eigenvalue weighted by atomic mass is 16.5. The van der Waals surface area contributed by atoms with Crippen molar-refractivity contribution in [1.82, 2.24) is 0 Å². The van der Waals surface area contributed by atoms with Gasteiger partial charge in [-0.15, -0.1) is 0 Å². The van der Waals surface area contributed by atoms with E-state index >= 15 is 0 Å². The van der Waals surface area contributed by atoms with E-state index in [1.807, 2.05) is 0 Å². The molecule has 0 aromatic carbocycles. The van der Waals surface area contributed by atoms with Gasteiger partial charge in [0.25, 0.3) is 0 Å². The van der Waals surface area contributed by atoms with Gasteiger partial charge >= 0.3 is 0 Å². The lowest BCUT2D eigenvalue weighted by Gasteiger charge is -2.08. The van der Waals surface area contributed by atoms with Crippen LogP contribution < -0.4 is 0 Å². The molecule has 0 N–H and O–H groups in total. The number of hydrogen-bond acceptors (Lipinski definition) is 3. The summed E-state index contributed by atoms with van der Waals surface area (Å²) in [6.07, 6.45) is 1.31. The summed E-state index contributed by atoms with van der Waals surface area (Å²) in [6, 6.07) is 0. The largest absolute Gasteiger partial charge is 0.384 e. The van der Waals surface area contributed by atoms with Gasteiger partial charge in [-0.25, -0.2) is 0 Å². The van der Waals surface area contributed by atoms with E-state index < -0.39 is 5.92 Å². The summed E-state index contributed by atoms with van der Waals surface area (Å²) < 4.78 is 4.81. The maximum absolute atomic E-state index is 11.7. The molecule has 1 aliphatic carbocycles. The molecule has 1 fully saturated rings. The summed E-state index contributed by atoms with van der Waals surface area (Å²) >= 11 is 0. The Bertz CT molecular complexity index is 235. The summed E-state index contributed by atoms with van der Waals surface area (Å²) in [5.41, 5.74) is 0. The fourth-order valence-electron chi connectivity index (χ4n) is 1.62. The summed E-state index contributed by atoms with van der Waals surface area (Å²) in [5, 5.41) is 0. The third-order valence-electron chi connectivity index (χ3n) is 2.94. The van der Waals surface area contributed by atoms with E-state index in [9.17, 15) is 9.59 Å². The SMILES string of the molecule is COCCC(=O)C(C)C(=O)C1CC1C. The highest BCUT2D eigenvalue weighted by Gasteiger charge is 2.42. The van der Waals surface area contributed by atoms with Crippen LogP contribution in [-0.2, 0) is 14.3 Å². The molecule has 3 nitrogen and oxygen atoms in total. The molecule has 3 atom stereocenters. The van der Waals surface area contributed by atoms with Crippen molar-refractivity contribution in [2.45, 2.75) is 26.7 Å². The van der Waals surface area contributed by atoms with E-state index in [2.05, 4.69) is 6.92 Å². The number of rotatable bonds is 6. The first-order valence-corrected chi connectivity index (χ1v) is 5.13. The zero-order chi connectivity index (χ0) is 10.7. The van der Waals surface area contributed by atoms with E-state index in [0.717, 1.165) is 6.42 Å². The lowest BCUT2D eigenvalue weighted by atomic mass is 9.95. The van der Waals surface area contributed by atoms with Crippen LogP contribution in [0.5, 0.6) is 0 Å². The van der Waals surface area contributed by atoms with Crippen molar-refractivity contribution in [3.05, 3.63) is 0 Å². The minimum atomic E-state index is -0.430. The van der Waals surface area contributed by atoms with Crippen molar-refractivity contribution in [2.75, 3.05) is 13.7 Å². The molecule has 0 radical (unpaired) electrons. The molecular weight excluding hydrogens is 180 g/mol. The van der Waals surface area contributed by atoms with Gasteiger partial charge in [0.05, 0.1) is 12.5 Å². The molecular formula is C11H18O3. The molecule has 1 rings (SSSR count). The normalized spacial score (nSPS) is 27.1. The summed E-state index contributed by atoms with van der Waals surface area (Å²) in [7, 11) is 1.56. The van der Waals surface area contributed by atoms with Crippen LogP contribution in [0.2, 0.25) is 0 Å². The molecule has 0 aliphatic heterocycles. The number of ketones is 2. The molecule has 14 heavy (non-hydrogen) atoms. The second-order valence-corrected chi connectivity index (χ2v) is 4.15. The average Bonchev–Trinajstić information content (AvgIpc) is 2.89. The van der Waals surface area contributed by atoms with Gasteiger partial charge in [-0.1, -0.05) is 6.92 Å². The Labute approximate surface area is 84.8 Å². The van der Waals surface area contributed by atoms with Crippen LogP contribution >= 0.6 is 0 Å². The smallest absolute Gasteiger partial charge is 0.146 e. The second-order valence-electron chi connectivity index (χ2n) is 4.15. The molecule has 0 amide bonds. The zero-order valence-corrected chi connectivity index (χ0v) is 9.08. The lowest BCUT2D eigenvalue weighted by Crippen LogP contribution is -2.23. The van der Waals surface area contributed by atoms with E-state index in [4.69, 9.17) is 4.74 Å². The van der Waals surface area contributed by atoms with Crippen LogP contribution in [0.15, 0.2) is 0 Å². The first-order valence-electron chi connectivity index (χ1n) is 5.13. The number of methoxy groups -OCH3 is 1. The van der Waals surface area contributed by atoms with Crippen LogP contribution in [-0.4, -0.2) is 25.3 Å². The Morgan fingerprint density at radius 2 is 2.07 bits per heavy atom. The minimum Gasteiger partial charge on any atom is -0.384 e. The monoisotopic (exact) mass is 198 g/mol. The van der Waals surface area contributed by atoms with Crippen molar-refractivity contribution in [1.29, 1.82) is 0 Å². The van der Waals surface area contributed by atoms with Crippen molar-refractivity contribution >= 4 is 11.6 Å². The Balaban J connectivity index is 2.36. The van der Waals surface area contributed by atoms with E-state index in [-0.39, 0.29) is 17.5 Å².